The molecule has 0 aliphatic rings. The minimum atomic E-state index is -0.555. The molecule has 18 heavy (non-hydrogen) atoms. The van der Waals surface area contributed by atoms with Gasteiger partial charge in [-0.25, -0.2) is 4.98 Å². The van der Waals surface area contributed by atoms with Crippen LogP contribution in [-0.2, 0) is 6.42 Å². The fourth-order valence-electron chi connectivity index (χ4n) is 1.59. The molecule has 2 rings (SSSR count). The molecule has 0 aliphatic heterocycles. The Balaban J connectivity index is 2.06. The Morgan fingerprint density at radius 2 is 2.50 bits per heavy atom. The number of aromatic amines is 1. The lowest BCUT2D eigenvalue weighted by molar-refractivity contribution is 0.0902. The number of carbonyl (C=O) groups is 1. The maximum absolute atomic E-state index is 11.9. The third kappa shape index (κ3) is 2.60. The first kappa shape index (κ1) is 12.4. The molecule has 2 aromatic rings. The minimum Gasteiger partial charge on any atom is -0.467 e. The molecule has 0 fully saturated rings. The number of rotatable bonds is 5. The van der Waals surface area contributed by atoms with Gasteiger partial charge in [-0.2, -0.15) is 0 Å². The number of aliphatic hydroxyl groups excluding tert-OH is 1. The molecule has 0 aliphatic carbocycles. The van der Waals surface area contributed by atoms with Crippen LogP contribution in [-0.4, -0.2) is 27.6 Å². The summed E-state index contributed by atoms with van der Waals surface area (Å²) in [5.74, 6) is 0.942. The normalized spacial score (nSPS) is 12.3. The number of amides is 1. The first-order chi connectivity index (χ1) is 8.74. The second kappa shape index (κ2) is 5.50. The number of H-pyrrole nitrogens is 1. The van der Waals surface area contributed by atoms with Gasteiger partial charge in [0.1, 0.15) is 23.3 Å². The second-order valence-electron chi connectivity index (χ2n) is 3.82. The van der Waals surface area contributed by atoms with E-state index >= 15 is 0 Å². The summed E-state index contributed by atoms with van der Waals surface area (Å²) in [6.45, 7) is 1.72. The van der Waals surface area contributed by atoms with Crippen molar-refractivity contribution in [2.45, 2.75) is 19.4 Å². The summed E-state index contributed by atoms with van der Waals surface area (Å²) in [5, 5.41) is 11.9. The van der Waals surface area contributed by atoms with Crippen LogP contribution in [0.5, 0.6) is 0 Å². The van der Waals surface area contributed by atoms with Gasteiger partial charge in [-0.05, 0) is 12.1 Å². The van der Waals surface area contributed by atoms with E-state index in [1.165, 1.54) is 12.5 Å². The van der Waals surface area contributed by atoms with Crippen molar-refractivity contribution in [2.75, 3.05) is 6.61 Å². The van der Waals surface area contributed by atoms with Gasteiger partial charge in [0, 0.05) is 6.42 Å². The van der Waals surface area contributed by atoms with Gasteiger partial charge in [0.15, 0.2) is 0 Å². The van der Waals surface area contributed by atoms with Crippen LogP contribution in [0.1, 0.15) is 35.0 Å². The molecule has 6 heteroatoms. The molecule has 6 nitrogen and oxygen atoms in total. The SMILES string of the molecule is CCc1ncc(C(=O)NC(CO)c2ccco2)[nH]1. The molecule has 1 unspecified atom stereocenters. The van der Waals surface area contributed by atoms with E-state index < -0.39 is 6.04 Å². The summed E-state index contributed by atoms with van der Waals surface area (Å²) in [4.78, 5) is 18.9. The number of imidazole rings is 1. The van der Waals surface area contributed by atoms with Crippen LogP contribution in [0.3, 0.4) is 0 Å². The molecular formula is C12H15N3O3. The number of furan rings is 1. The third-order valence-corrected chi connectivity index (χ3v) is 2.58. The van der Waals surface area contributed by atoms with Crippen molar-refractivity contribution in [3.63, 3.8) is 0 Å². The highest BCUT2D eigenvalue weighted by Gasteiger charge is 2.18. The molecule has 0 radical (unpaired) electrons. The van der Waals surface area contributed by atoms with Crippen molar-refractivity contribution < 1.29 is 14.3 Å². The highest BCUT2D eigenvalue weighted by atomic mass is 16.3. The number of hydrogen-bond donors (Lipinski definition) is 3. The highest BCUT2D eigenvalue weighted by molar-refractivity contribution is 5.92. The largest absolute Gasteiger partial charge is 0.467 e. The number of nitrogens with zero attached hydrogens (tertiary/aromatic N) is 1. The van der Waals surface area contributed by atoms with Crippen LogP contribution < -0.4 is 5.32 Å². The summed E-state index contributed by atoms with van der Waals surface area (Å²) < 4.78 is 5.15. The van der Waals surface area contributed by atoms with Gasteiger partial charge < -0.3 is 19.8 Å². The standard InChI is InChI=1S/C12H15N3O3/c1-2-11-13-6-8(14-11)12(17)15-9(7-16)10-4-3-5-18-10/h3-6,9,16H,2,7H2,1H3,(H,13,14)(H,15,17). The predicted molar refractivity (Wildman–Crippen MR) is 64.0 cm³/mol. The third-order valence-electron chi connectivity index (χ3n) is 2.58. The topological polar surface area (TPSA) is 91.2 Å². The monoisotopic (exact) mass is 249 g/mol. The Kier molecular flexibility index (Phi) is 3.78. The van der Waals surface area contributed by atoms with Gasteiger partial charge in [0.25, 0.3) is 5.91 Å². The quantitative estimate of drug-likeness (QED) is 0.738. The Bertz CT molecular complexity index is 504. The lowest BCUT2D eigenvalue weighted by Crippen LogP contribution is -2.30. The minimum absolute atomic E-state index is 0.228. The average Bonchev–Trinajstić information content (AvgIpc) is 3.05. The van der Waals surface area contributed by atoms with Gasteiger partial charge in [-0.15, -0.1) is 0 Å². The fourth-order valence-corrected chi connectivity index (χ4v) is 1.59. The highest BCUT2D eigenvalue weighted by Crippen LogP contribution is 2.13. The van der Waals surface area contributed by atoms with Crippen molar-refractivity contribution >= 4 is 5.91 Å². The molecule has 96 valence electrons. The molecule has 0 bridgehead atoms. The molecule has 1 amide bonds. The molecule has 0 saturated carbocycles. The summed E-state index contributed by atoms with van der Waals surface area (Å²) in [5.41, 5.74) is 0.372. The number of aryl methyl sites for hydroxylation is 1. The molecule has 3 N–H and O–H groups in total. The summed E-state index contributed by atoms with van der Waals surface area (Å²) in [6, 6.07) is 2.85. The first-order valence-electron chi connectivity index (χ1n) is 5.73. The Morgan fingerprint density at radius 1 is 1.67 bits per heavy atom. The van der Waals surface area contributed by atoms with E-state index in [9.17, 15) is 9.90 Å². The van der Waals surface area contributed by atoms with Crippen LogP contribution in [0.15, 0.2) is 29.0 Å². The lowest BCUT2D eigenvalue weighted by atomic mass is 10.2. The van der Waals surface area contributed by atoms with E-state index in [4.69, 9.17) is 4.42 Å². The Hall–Kier alpha value is -2.08. The molecule has 2 heterocycles. The lowest BCUT2D eigenvalue weighted by Gasteiger charge is -2.12. The maximum Gasteiger partial charge on any atom is 0.270 e. The molecule has 1 atom stereocenters. The molecule has 0 saturated heterocycles. The van der Waals surface area contributed by atoms with E-state index in [2.05, 4.69) is 15.3 Å². The van der Waals surface area contributed by atoms with Gasteiger partial charge in [0.2, 0.25) is 0 Å². The zero-order chi connectivity index (χ0) is 13.0. The average molecular weight is 249 g/mol. The molecule has 0 spiro atoms. The Labute approximate surface area is 104 Å². The zero-order valence-electron chi connectivity index (χ0n) is 10.0. The molecule has 0 aromatic carbocycles. The summed E-state index contributed by atoms with van der Waals surface area (Å²) in [7, 11) is 0. The van der Waals surface area contributed by atoms with E-state index in [1.54, 1.807) is 12.1 Å². The number of aromatic nitrogens is 2. The number of carbonyl (C=O) groups excluding carboxylic acids is 1. The van der Waals surface area contributed by atoms with Crippen LogP contribution in [0, 0.1) is 0 Å². The number of nitrogens with one attached hydrogen (secondary N) is 2. The van der Waals surface area contributed by atoms with Crippen molar-refractivity contribution in [2.24, 2.45) is 0 Å². The van der Waals surface area contributed by atoms with Gasteiger partial charge in [0.05, 0.1) is 19.1 Å². The zero-order valence-corrected chi connectivity index (χ0v) is 10.0. The predicted octanol–water partition coefficient (Wildman–Crippen LogP) is 1.03. The molecular weight excluding hydrogens is 234 g/mol. The first-order valence-corrected chi connectivity index (χ1v) is 5.73. The van der Waals surface area contributed by atoms with Crippen LogP contribution >= 0.6 is 0 Å². The van der Waals surface area contributed by atoms with Crippen LogP contribution in [0.25, 0.3) is 0 Å². The molecule has 2 aromatic heterocycles. The fraction of sp³-hybridized carbons (Fsp3) is 0.333. The maximum atomic E-state index is 11.9. The second-order valence-corrected chi connectivity index (χ2v) is 3.82. The number of aliphatic hydroxyl groups is 1. The van der Waals surface area contributed by atoms with Crippen LogP contribution in [0.2, 0.25) is 0 Å². The van der Waals surface area contributed by atoms with Gasteiger partial charge >= 0.3 is 0 Å². The Morgan fingerprint density at radius 3 is 3.06 bits per heavy atom. The van der Waals surface area contributed by atoms with E-state index in [0.717, 1.165) is 12.2 Å². The van der Waals surface area contributed by atoms with E-state index in [1.807, 2.05) is 6.92 Å². The van der Waals surface area contributed by atoms with Crippen molar-refractivity contribution in [3.8, 4) is 0 Å². The summed E-state index contributed by atoms with van der Waals surface area (Å²) in [6.07, 6.45) is 3.70. The van der Waals surface area contributed by atoms with E-state index in [0.29, 0.717) is 11.5 Å². The van der Waals surface area contributed by atoms with Gasteiger partial charge in [-0.3, -0.25) is 4.79 Å². The van der Waals surface area contributed by atoms with Gasteiger partial charge in [-0.1, -0.05) is 6.92 Å². The van der Waals surface area contributed by atoms with Crippen molar-refractivity contribution in [1.82, 2.24) is 15.3 Å². The smallest absolute Gasteiger partial charge is 0.270 e. The van der Waals surface area contributed by atoms with E-state index in [-0.39, 0.29) is 12.5 Å². The van der Waals surface area contributed by atoms with Crippen molar-refractivity contribution in [1.29, 1.82) is 0 Å². The van der Waals surface area contributed by atoms with Crippen molar-refractivity contribution in [3.05, 3.63) is 41.9 Å². The van der Waals surface area contributed by atoms with Crippen LogP contribution in [0.4, 0.5) is 0 Å². The summed E-state index contributed by atoms with van der Waals surface area (Å²) >= 11 is 0. The number of hydrogen-bond acceptors (Lipinski definition) is 4.